The van der Waals surface area contributed by atoms with Crippen LogP contribution in [0.3, 0.4) is 0 Å². The van der Waals surface area contributed by atoms with Crippen molar-refractivity contribution in [3.8, 4) is 0 Å². The Labute approximate surface area is 169 Å². The van der Waals surface area contributed by atoms with Gasteiger partial charge in [-0.3, -0.25) is 9.80 Å². The summed E-state index contributed by atoms with van der Waals surface area (Å²) < 4.78 is 0. The molecule has 1 aromatic carbocycles. The van der Waals surface area contributed by atoms with Gasteiger partial charge in [0, 0.05) is 62.1 Å². The number of nitrogens with zero attached hydrogens (tertiary/aromatic N) is 4. The monoisotopic (exact) mass is 376 g/mol. The van der Waals surface area contributed by atoms with Crippen molar-refractivity contribution in [3.63, 3.8) is 0 Å². The first kappa shape index (κ1) is 18.3. The SMILES string of the molecule is CC(C)c1ncc(CN2C[C@@H]3CC[C@H]2CN(C2Cc4ccccc4C2)C3)cn1. The maximum absolute atomic E-state index is 4.58. The van der Waals surface area contributed by atoms with Gasteiger partial charge in [-0.05, 0) is 42.7 Å². The van der Waals surface area contributed by atoms with Crippen LogP contribution in [-0.4, -0.2) is 51.5 Å². The van der Waals surface area contributed by atoms with E-state index in [1.54, 1.807) is 11.1 Å². The van der Waals surface area contributed by atoms with Gasteiger partial charge in [0.2, 0.25) is 0 Å². The van der Waals surface area contributed by atoms with Crippen LogP contribution in [-0.2, 0) is 19.4 Å². The zero-order valence-electron chi connectivity index (χ0n) is 17.2. The summed E-state index contributed by atoms with van der Waals surface area (Å²) >= 11 is 0. The minimum Gasteiger partial charge on any atom is -0.298 e. The lowest BCUT2D eigenvalue weighted by atomic mass is 9.94. The molecule has 4 heteroatoms. The fraction of sp³-hybridized carbons (Fsp3) is 0.583. The van der Waals surface area contributed by atoms with E-state index in [0.717, 1.165) is 18.3 Å². The van der Waals surface area contributed by atoms with Crippen LogP contribution in [0.4, 0.5) is 0 Å². The van der Waals surface area contributed by atoms with Crippen LogP contribution >= 0.6 is 0 Å². The van der Waals surface area contributed by atoms with Crippen LogP contribution in [0.1, 0.15) is 55.1 Å². The second kappa shape index (κ2) is 7.57. The fourth-order valence-corrected chi connectivity index (χ4v) is 5.48. The Hall–Kier alpha value is -1.78. The van der Waals surface area contributed by atoms with Gasteiger partial charge in [0.15, 0.2) is 0 Å². The molecule has 0 spiro atoms. The molecule has 2 atom stereocenters. The molecule has 1 aromatic heterocycles. The predicted molar refractivity (Wildman–Crippen MR) is 112 cm³/mol. The van der Waals surface area contributed by atoms with Crippen molar-refractivity contribution in [3.05, 3.63) is 59.2 Å². The predicted octanol–water partition coefficient (Wildman–Crippen LogP) is 3.66. The summed E-state index contributed by atoms with van der Waals surface area (Å²) in [5, 5.41) is 0. The van der Waals surface area contributed by atoms with E-state index < -0.39 is 0 Å². The molecule has 6 rings (SSSR count). The van der Waals surface area contributed by atoms with Crippen molar-refractivity contribution in [2.75, 3.05) is 19.6 Å². The largest absolute Gasteiger partial charge is 0.298 e. The smallest absolute Gasteiger partial charge is 0.130 e. The zero-order chi connectivity index (χ0) is 19.1. The van der Waals surface area contributed by atoms with Gasteiger partial charge in [-0.15, -0.1) is 0 Å². The Bertz CT molecular complexity index is 791. The second-order valence-electron chi connectivity index (χ2n) is 9.42. The fourth-order valence-electron chi connectivity index (χ4n) is 5.48. The minimum atomic E-state index is 0.396. The second-order valence-corrected chi connectivity index (χ2v) is 9.42. The molecule has 0 radical (unpaired) electrons. The lowest BCUT2D eigenvalue weighted by molar-refractivity contribution is 0.120. The Balaban J connectivity index is 1.27. The molecule has 4 heterocycles. The Morgan fingerprint density at radius 2 is 1.64 bits per heavy atom. The third kappa shape index (κ3) is 3.60. The molecule has 1 aliphatic carbocycles. The number of fused-ring (bicyclic) bond motifs is 5. The Morgan fingerprint density at radius 1 is 0.929 bits per heavy atom. The highest BCUT2D eigenvalue weighted by molar-refractivity contribution is 5.33. The molecular weight excluding hydrogens is 344 g/mol. The number of aromatic nitrogens is 2. The third-order valence-electron chi connectivity index (χ3n) is 7.03. The highest BCUT2D eigenvalue weighted by Gasteiger charge is 2.38. The average molecular weight is 377 g/mol. The van der Waals surface area contributed by atoms with E-state index in [9.17, 15) is 0 Å². The number of hydrogen-bond acceptors (Lipinski definition) is 4. The average Bonchev–Trinajstić information content (AvgIpc) is 2.93. The maximum atomic E-state index is 4.58. The van der Waals surface area contributed by atoms with Crippen LogP contribution in [0.25, 0.3) is 0 Å². The molecule has 28 heavy (non-hydrogen) atoms. The van der Waals surface area contributed by atoms with Gasteiger partial charge in [0.05, 0.1) is 0 Å². The summed E-state index contributed by atoms with van der Waals surface area (Å²) in [7, 11) is 0. The molecule has 3 fully saturated rings. The summed E-state index contributed by atoms with van der Waals surface area (Å²) in [5.74, 6) is 2.15. The van der Waals surface area contributed by atoms with Crippen molar-refractivity contribution in [1.29, 1.82) is 0 Å². The molecule has 4 nitrogen and oxygen atoms in total. The van der Waals surface area contributed by atoms with Crippen molar-refractivity contribution in [2.24, 2.45) is 5.92 Å². The van der Waals surface area contributed by atoms with Gasteiger partial charge >= 0.3 is 0 Å². The maximum Gasteiger partial charge on any atom is 0.130 e. The summed E-state index contributed by atoms with van der Waals surface area (Å²) in [6.07, 6.45) is 9.30. The molecule has 0 saturated carbocycles. The summed E-state index contributed by atoms with van der Waals surface area (Å²) in [4.78, 5) is 14.7. The van der Waals surface area contributed by atoms with E-state index in [1.165, 1.54) is 50.9 Å². The zero-order valence-corrected chi connectivity index (χ0v) is 17.2. The van der Waals surface area contributed by atoms with E-state index in [-0.39, 0.29) is 0 Å². The standard InChI is InChI=1S/C24H32N4/c1-17(2)24-25-11-19(12-26-24)15-27-13-18-7-8-22(27)16-28(14-18)23-9-20-5-3-4-6-21(20)10-23/h3-6,11-12,17-18,22-23H,7-10,13-16H2,1-2H3/t18-,22-/m0/s1. The van der Waals surface area contributed by atoms with Crippen LogP contribution in [0, 0.1) is 5.92 Å². The Kier molecular flexibility index (Phi) is 4.93. The number of rotatable bonds is 4. The molecule has 148 valence electrons. The van der Waals surface area contributed by atoms with E-state index in [1.807, 2.05) is 12.4 Å². The van der Waals surface area contributed by atoms with Crippen LogP contribution in [0.2, 0.25) is 0 Å². The van der Waals surface area contributed by atoms with Gasteiger partial charge < -0.3 is 0 Å². The summed E-state index contributed by atoms with van der Waals surface area (Å²) in [6.45, 7) is 9.02. The first-order valence-electron chi connectivity index (χ1n) is 11.0. The number of hydrogen-bond donors (Lipinski definition) is 0. The van der Waals surface area contributed by atoms with Gasteiger partial charge in [-0.1, -0.05) is 38.1 Å². The molecule has 0 N–H and O–H groups in total. The van der Waals surface area contributed by atoms with Gasteiger partial charge in [0.1, 0.15) is 5.82 Å². The third-order valence-corrected chi connectivity index (χ3v) is 7.03. The van der Waals surface area contributed by atoms with Crippen molar-refractivity contribution in [1.82, 2.24) is 19.8 Å². The van der Waals surface area contributed by atoms with Gasteiger partial charge in [-0.25, -0.2) is 9.97 Å². The number of piperidine rings is 1. The van der Waals surface area contributed by atoms with E-state index in [2.05, 4.69) is 57.9 Å². The lowest BCUT2D eigenvalue weighted by Gasteiger charge is -2.36. The van der Waals surface area contributed by atoms with E-state index in [0.29, 0.717) is 18.0 Å². The summed E-state index contributed by atoms with van der Waals surface area (Å²) in [5.41, 5.74) is 4.41. The normalized spacial score (nSPS) is 26.0. The van der Waals surface area contributed by atoms with Crippen molar-refractivity contribution in [2.45, 2.75) is 64.1 Å². The van der Waals surface area contributed by atoms with E-state index >= 15 is 0 Å². The molecule has 4 aliphatic rings. The van der Waals surface area contributed by atoms with Crippen molar-refractivity contribution >= 4 is 0 Å². The first-order chi connectivity index (χ1) is 13.7. The minimum absolute atomic E-state index is 0.396. The molecule has 3 saturated heterocycles. The van der Waals surface area contributed by atoms with Crippen LogP contribution in [0.15, 0.2) is 36.7 Å². The first-order valence-corrected chi connectivity index (χ1v) is 11.0. The van der Waals surface area contributed by atoms with E-state index in [4.69, 9.17) is 0 Å². The lowest BCUT2D eigenvalue weighted by Crippen LogP contribution is -2.44. The van der Waals surface area contributed by atoms with Gasteiger partial charge in [-0.2, -0.15) is 0 Å². The summed E-state index contributed by atoms with van der Waals surface area (Å²) in [6, 6.07) is 10.4. The topological polar surface area (TPSA) is 32.3 Å². The van der Waals surface area contributed by atoms with Crippen molar-refractivity contribution < 1.29 is 0 Å². The molecule has 0 amide bonds. The quantitative estimate of drug-likeness (QED) is 0.815. The highest BCUT2D eigenvalue weighted by atomic mass is 15.3. The van der Waals surface area contributed by atoms with Gasteiger partial charge in [0.25, 0.3) is 0 Å². The molecule has 2 bridgehead atoms. The Morgan fingerprint density at radius 3 is 2.32 bits per heavy atom. The highest BCUT2D eigenvalue weighted by Crippen LogP contribution is 2.33. The number of benzene rings is 1. The molecule has 2 aromatic rings. The van der Waals surface area contributed by atoms with Crippen LogP contribution in [0.5, 0.6) is 0 Å². The molecule has 3 aliphatic heterocycles. The van der Waals surface area contributed by atoms with Crippen LogP contribution < -0.4 is 0 Å². The molecular formula is C24H32N4. The molecule has 0 unspecified atom stereocenters.